The Morgan fingerprint density at radius 3 is 2.68 bits per heavy atom. The van der Waals surface area contributed by atoms with Gasteiger partial charge < -0.3 is 15.0 Å². The summed E-state index contributed by atoms with van der Waals surface area (Å²) in [5.41, 5.74) is 3.34. The molecule has 1 N–H and O–H groups in total. The average molecular weight is 482 g/mol. The van der Waals surface area contributed by atoms with E-state index in [4.69, 9.17) is 9.72 Å². The van der Waals surface area contributed by atoms with Gasteiger partial charge in [0.25, 0.3) is 0 Å². The van der Waals surface area contributed by atoms with Gasteiger partial charge in [0, 0.05) is 49.7 Å². The largest absolute Gasteiger partial charge is 0.495 e. The summed E-state index contributed by atoms with van der Waals surface area (Å²) < 4.78 is 29.7. The van der Waals surface area contributed by atoms with Crippen LogP contribution >= 0.6 is 0 Å². The second-order valence-corrected chi connectivity index (χ2v) is 8.86. The van der Waals surface area contributed by atoms with E-state index in [2.05, 4.69) is 20.4 Å². The van der Waals surface area contributed by atoms with Crippen LogP contribution in [0.25, 0.3) is 22.0 Å². The Balaban J connectivity index is 1.67. The first-order valence-corrected chi connectivity index (χ1v) is 12.3. The number of ether oxygens (including phenoxy) is 1. The average Bonchev–Trinajstić information content (AvgIpc) is 3.28. The van der Waals surface area contributed by atoms with Crippen LogP contribution in [0.2, 0.25) is 0 Å². The zero-order valence-electron chi connectivity index (χ0n) is 19.3. The third-order valence-corrected chi connectivity index (χ3v) is 5.88. The van der Waals surface area contributed by atoms with E-state index in [0.29, 0.717) is 41.8 Å². The number of methoxy groups -OCH3 is 1. The first-order chi connectivity index (χ1) is 16.5. The van der Waals surface area contributed by atoms with E-state index in [9.17, 15) is 8.42 Å². The topological polar surface area (TPSA) is 115 Å². The number of aromatic nitrogens is 5. The number of nitrogens with one attached hydrogen (secondary N) is 1. The third kappa shape index (κ3) is 5.25. The Bertz CT molecular complexity index is 1360. The van der Waals surface area contributed by atoms with Gasteiger partial charge in [0.1, 0.15) is 22.0 Å². The molecule has 0 saturated heterocycles. The Morgan fingerprint density at radius 1 is 1.12 bits per heavy atom. The molecule has 0 atom stereocenters. The lowest BCUT2D eigenvalue weighted by Crippen LogP contribution is -2.29. The minimum atomic E-state index is -2.47. The monoisotopic (exact) mass is 481 g/mol. The van der Waals surface area contributed by atoms with Crippen molar-refractivity contribution < 1.29 is 13.2 Å². The molecule has 0 bridgehead atoms. The molecule has 0 radical (unpaired) electrons. The molecular formula is C23H27N7O3S. The maximum Gasteiger partial charge on any atom is 0.227 e. The first-order valence-electron chi connectivity index (χ1n) is 10.9. The molecular weight excluding hydrogens is 454 g/mol. The van der Waals surface area contributed by atoms with E-state index < -0.39 is 10.7 Å². The summed E-state index contributed by atoms with van der Waals surface area (Å²) in [6.07, 6.45) is 8.01. The summed E-state index contributed by atoms with van der Waals surface area (Å²) in [4.78, 5) is 15.6. The lowest BCUT2D eigenvalue weighted by Gasteiger charge is -2.23. The Labute approximate surface area is 199 Å². The van der Waals surface area contributed by atoms with Crippen LogP contribution in [-0.4, -0.2) is 59.1 Å². The molecule has 11 heteroatoms. The maximum atomic E-state index is 11.2. The van der Waals surface area contributed by atoms with Gasteiger partial charge in [-0.05, 0) is 30.2 Å². The zero-order chi connectivity index (χ0) is 24.1. The fraction of sp³-hybridized carbons (Fsp3) is 0.304. The molecule has 1 aromatic carbocycles. The number of hydrogen-bond donors (Lipinski definition) is 2. The van der Waals surface area contributed by atoms with Crippen LogP contribution in [0.15, 0.2) is 49.1 Å². The quantitative estimate of drug-likeness (QED) is 0.330. The molecule has 0 aliphatic carbocycles. The van der Waals surface area contributed by atoms with Crippen molar-refractivity contribution in [1.29, 1.82) is 0 Å². The number of thiol groups is 1. The molecule has 0 unspecified atom stereocenters. The molecule has 4 rings (SSSR count). The third-order valence-electron chi connectivity index (χ3n) is 5.31. The molecule has 0 saturated carbocycles. The van der Waals surface area contributed by atoms with Crippen molar-refractivity contribution in [3.8, 4) is 16.9 Å². The van der Waals surface area contributed by atoms with Gasteiger partial charge in [-0.15, -0.1) is 0 Å². The number of fused-ring (bicyclic) bond motifs is 1. The number of rotatable bonds is 10. The first kappa shape index (κ1) is 23.4. The predicted molar refractivity (Wildman–Crippen MR) is 133 cm³/mol. The fourth-order valence-electron chi connectivity index (χ4n) is 3.69. The van der Waals surface area contributed by atoms with E-state index in [1.165, 1.54) is 0 Å². The van der Waals surface area contributed by atoms with Crippen LogP contribution in [0.5, 0.6) is 5.75 Å². The number of anilines is 3. The fourth-order valence-corrected chi connectivity index (χ4v) is 4.10. The second-order valence-electron chi connectivity index (χ2n) is 7.75. The zero-order valence-corrected chi connectivity index (χ0v) is 20.2. The minimum Gasteiger partial charge on any atom is -0.495 e. The second kappa shape index (κ2) is 10.5. The number of nitrogens with zero attached hydrogens (tertiary/aromatic N) is 6. The van der Waals surface area contributed by atoms with Gasteiger partial charge in [-0.3, -0.25) is 4.68 Å². The van der Waals surface area contributed by atoms with Crippen LogP contribution in [0.3, 0.4) is 0 Å². The highest BCUT2D eigenvalue weighted by Gasteiger charge is 2.15. The lowest BCUT2D eigenvalue weighted by molar-refractivity contribution is 0.417. The molecule has 0 aliphatic heterocycles. The number of benzene rings is 1. The molecule has 0 amide bonds. The molecule has 3 heterocycles. The van der Waals surface area contributed by atoms with Gasteiger partial charge in [0.15, 0.2) is 5.82 Å². The van der Waals surface area contributed by atoms with Gasteiger partial charge in [0.05, 0.1) is 24.7 Å². The highest BCUT2D eigenvalue weighted by atomic mass is 32.2. The molecule has 4 aromatic rings. The SMILES string of the molecule is CCCN(CC[SH](=O)=O)c1nccc2cnc(Nc3ccc(-c4cnn(C)c4)cc3OC)nc12. The van der Waals surface area contributed by atoms with Crippen molar-refractivity contribution in [2.45, 2.75) is 13.3 Å². The van der Waals surface area contributed by atoms with Crippen molar-refractivity contribution in [2.24, 2.45) is 7.05 Å². The number of pyridine rings is 1. The number of hydrogen-bond acceptors (Lipinski definition) is 9. The highest BCUT2D eigenvalue weighted by Crippen LogP contribution is 2.32. The van der Waals surface area contributed by atoms with Crippen molar-refractivity contribution in [1.82, 2.24) is 24.7 Å². The Hall–Kier alpha value is -3.73. The summed E-state index contributed by atoms with van der Waals surface area (Å²) in [6, 6.07) is 7.65. The molecule has 0 spiro atoms. The minimum absolute atomic E-state index is 0.0596. The van der Waals surface area contributed by atoms with Crippen LogP contribution in [0, 0.1) is 0 Å². The highest BCUT2D eigenvalue weighted by molar-refractivity contribution is 7.72. The summed E-state index contributed by atoms with van der Waals surface area (Å²) >= 11 is 0. The van der Waals surface area contributed by atoms with Gasteiger partial charge in [-0.25, -0.2) is 23.4 Å². The van der Waals surface area contributed by atoms with E-state index in [0.717, 1.165) is 22.9 Å². The van der Waals surface area contributed by atoms with Crippen LogP contribution < -0.4 is 15.0 Å². The van der Waals surface area contributed by atoms with Crippen molar-refractivity contribution in [2.75, 3.05) is 36.2 Å². The van der Waals surface area contributed by atoms with Crippen molar-refractivity contribution in [3.63, 3.8) is 0 Å². The van der Waals surface area contributed by atoms with Crippen molar-refractivity contribution >= 4 is 39.1 Å². The van der Waals surface area contributed by atoms with Gasteiger partial charge in [-0.2, -0.15) is 5.10 Å². The summed E-state index contributed by atoms with van der Waals surface area (Å²) in [6.45, 7) is 3.07. The standard InChI is InChI=1S/C23H27N7O3S/c1-4-9-30(10-11-34(31)32)22-21-17(7-8-24-22)13-25-23(28-21)27-19-6-5-16(12-20(19)33-3)18-14-26-29(2)15-18/h5-8,12-15,34H,4,9-11H2,1-3H3,(H,25,27,28). The van der Waals surface area contributed by atoms with Crippen LogP contribution in [-0.2, 0) is 17.8 Å². The maximum absolute atomic E-state index is 11.2. The van der Waals surface area contributed by atoms with E-state index in [1.807, 2.05) is 49.3 Å². The Kier molecular flexibility index (Phi) is 7.21. The predicted octanol–water partition coefficient (Wildman–Crippen LogP) is 3.01. The normalized spacial score (nSPS) is 11.2. The molecule has 0 fully saturated rings. The molecule has 10 nitrogen and oxygen atoms in total. The summed E-state index contributed by atoms with van der Waals surface area (Å²) in [7, 11) is 1.01. The number of aryl methyl sites for hydroxylation is 1. The molecule has 34 heavy (non-hydrogen) atoms. The van der Waals surface area contributed by atoms with Crippen LogP contribution in [0.4, 0.5) is 17.5 Å². The van der Waals surface area contributed by atoms with Gasteiger partial charge in [0.2, 0.25) is 5.95 Å². The summed E-state index contributed by atoms with van der Waals surface area (Å²) in [5, 5.41) is 8.28. The van der Waals surface area contributed by atoms with Gasteiger partial charge in [-0.1, -0.05) is 13.0 Å². The molecule has 3 aromatic heterocycles. The smallest absolute Gasteiger partial charge is 0.227 e. The van der Waals surface area contributed by atoms with Gasteiger partial charge >= 0.3 is 0 Å². The van der Waals surface area contributed by atoms with Crippen LogP contribution in [0.1, 0.15) is 13.3 Å². The lowest BCUT2D eigenvalue weighted by atomic mass is 10.1. The Morgan fingerprint density at radius 2 is 1.97 bits per heavy atom. The van der Waals surface area contributed by atoms with E-state index in [1.54, 1.807) is 30.4 Å². The van der Waals surface area contributed by atoms with Crippen molar-refractivity contribution in [3.05, 3.63) is 49.1 Å². The summed E-state index contributed by atoms with van der Waals surface area (Å²) in [5.74, 6) is 1.73. The molecule has 0 aliphatic rings. The molecule has 178 valence electrons. The van der Waals surface area contributed by atoms with E-state index >= 15 is 0 Å². The van der Waals surface area contributed by atoms with E-state index in [-0.39, 0.29) is 5.75 Å².